The molecular formula is C10H7N4. The van der Waals surface area contributed by atoms with E-state index < -0.39 is 0 Å². The van der Waals surface area contributed by atoms with Gasteiger partial charge in [-0.1, -0.05) is 30.3 Å². The van der Waals surface area contributed by atoms with Gasteiger partial charge in [-0.2, -0.15) is 4.98 Å². The minimum atomic E-state index is 0.642. The number of H-pyrrole nitrogens is 1. The summed E-state index contributed by atoms with van der Waals surface area (Å²) >= 11 is 0. The van der Waals surface area contributed by atoms with Crippen molar-refractivity contribution in [3.63, 3.8) is 0 Å². The van der Waals surface area contributed by atoms with E-state index in [0.717, 1.165) is 11.3 Å². The first-order valence-corrected chi connectivity index (χ1v) is 4.30. The minimum Gasteiger partial charge on any atom is -0.272 e. The number of aromatic amines is 1. The Kier molecular flexibility index (Phi) is 1.41. The van der Waals surface area contributed by atoms with Crippen molar-refractivity contribution >= 4 is 5.78 Å². The van der Waals surface area contributed by atoms with Gasteiger partial charge in [0.1, 0.15) is 0 Å². The molecule has 2 aromatic heterocycles. The first-order chi connectivity index (χ1) is 6.93. The molecule has 0 aliphatic rings. The van der Waals surface area contributed by atoms with Crippen LogP contribution in [-0.2, 0) is 0 Å². The second-order valence-corrected chi connectivity index (χ2v) is 3.00. The summed E-state index contributed by atoms with van der Waals surface area (Å²) in [6.07, 6.45) is 4.52. The van der Waals surface area contributed by atoms with Crippen LogP contribution in [0.15, 0.2) is 36.5 Å². The highest BCUT2D eigenvalue weighted by Crippen LogP contribution is 2.16. The third kappa shape index (κ3) is 1.01. The molecule has 0 saturated carbocycles. The molecule has 0 aliphatic heterocycles. The normalized spacial score (nSPS) is 10.9. The first kappa shape index (κ1) is 7.32. The van der Waals surface area contributed by atoms with Gasteiger partial charge in [0.05, 0.1) is 11.9 Å². The van der Waals surface area contributed by atoms with E-state index in [1.54, 1.807) is 4.52 Å². The second kappa shape index (κ2) is 2.70. The molecule has 4 nitrogen and oxygen atoms in total. The second-order valence-electron chi connectivity index (χ2n) is 3.00. The van der Waals surface area contributed by atoms with Crippen LogP contribution in [0.1, 0.15) is 0 Å². The highest BCUT2D eigenvalue weighted by Gasteiger charge is 2.04. The fourth-order valence-electron chi connectivity index (χ4n) is 1.41. The predicted molar refractivity (Wildman–Crippen MR) is 51.6 cm³/mol. The molecule has 0 amide bonds. The Morgan fingerprint density at radius 1 is 1.21 bits per heavy atom. The maximum atomic E-state index is 4.33. The summed E-state index contributed by atoms with van der Waals surface area (Å²) < 4.78 is 1.74. The minimum absolute atomic E-state index is 0.642. The highest BCUT2D eigenvalue weighted by molar-refractivity contribution is 5.60. The lowest BCUT2D eigenvalue weighted by Gasteiger charge is -1.92. The number of rotatable bonds is 1. The van der Waals surface area contributed by atoms with Gasteiger partial charge in [0.2, 0.25) is 0 Å². The van der Waals surface area contributed by atoms with E-state index in [9.17, 15) is 0 Å². The smallest absolute Gasteiger partial charge is 0.251 e. The van der Waals surface area contributed by atoms with Crippen LogP contribution in [0.2, 0.25) is 0 Å². The summed E-state index contributed by atoms with van der Waals surface area (Å²) in [5.41, 5.74) is 2.00. The first-order valence-electron chi connectivity index (χ1n) is 4.30. The molecule has 0 atom stereocenters. The number of aromatic nitrogens is 4. The Morgan fingerprint density at radius 3 is 2.86 bits per heavy atom. The standard InChI is InChI=1S/C10H7N4/c1-2-4-8(5-3-1)9-6-14-10(13-9)11-7-12-14/h1-6H,(H,11,12,13). The van der Waals surface area contributed by atoms with Gasteiger partial charge in [-0.05, 0) is 0 Å². The number of hydrogen-bond donors (Lipinski definition) is 1. The van der Waals surface area contributed by atoms with E-state index in [1.165, 1.54) is 0 Å². The van der Waals surface area contributed by atoms with Crippen molar-refractivity contribution in [3.05, 3.63) is 42.9 Å². The molecule has 0 bridgehead atoms. The Balaban J connectivity index is 2.19. The maximum Gasteiger partial charge on any atom is 0.251 e. The lowest BCUT2D eigenvalue weighted by molar-refractivity contribution is 0.968. The number of hydrogen-bond acceptors (Lipinski definition) is 2. The quantitative estimate of drug-likeness (QED) is 0.621. The zero-order valence-electron chi connectivity index (χ0n) is 7.31. The molecule has 0 saturated heterocycles. The molecule has 3 aromatic rings. The summed E-state index contributed by atoms with van der Waals surface area (Å²) in [6, 6.07) is 10.00. The molecule has 2 heterocycles. The van der Waals surface area contributed by atoms with Crippen LogP contribution in [0.25, 0.3) is 17.0 Å². The number of imidazole rings is 1. The van der Waals surface area contributed by atoms with Crippen molar-refractivity contribution in [2.75, 3.05) is 0 Å². The van der Waals surface area contributed by atoms with E-state index in [4.69, 9.17) is 0 Å². The maximum absolute atomic E-state index is 4.33. The Labute approximate surface area is 80.2 Å². The van der Waals surface area contributed by atoms with E-state index in [-0.39, 0.29) is 0 Å². The zero-order valence-corrected chi connectivity index (χ0v) is 7.31. The van der Waals surface area contributed by atoms with Crippen molar-refractivity contribution in [2.24, 2.45) is 0 Å². The Morgan fingerprint density at radius 2 is 2.07 bits per heavy atom. The molecule has 0 unspecified atom stereocenters. The summed E-state index contributed by atoms with van der Waals surface area (Å²) in [5.74, 6) is 0.642. The fourth-order valence-corrected chi connectivity index (χ4v) is 1.41. The van der Waals surface area contributed by atoms with Crippen molar-refractivity contribution in [1.82, 2.24) is 19.6 Å². The van der Waals surface area contributed by atoms with Crippen LogP contribution in [-0.4, -0.2) is 19.6 Å². The highest BCUT2D eigenvalue weighted by atomic mass is 15.3. The van der Waals surface area contributed by atoms with Crippen LogP contribution in [0.5, 0.6) is 0 Å². The van der Waals surface area contributed by atoms with E-state index in [1.807, 2.05) is 36.5 Å². The molecule has 1 N–H and O–H groups in total. The monoisotopic (exact) mass is 183 g/mol. The van der Waals surface area contributed by atoms with Crippen molar-refractivity contribution in [2.45, 2.75) is 0 Å². The van der Waals surface area contributed by atoms with E-state index in [0.29, 0.717) is 5.78 Å². The zero-order chi connectivity index (χ0) is 9.38. The summed E-state index contributed by atoms with van der Waals surface area (Å²) in [4.78, 5) is 8.27. The Hall–Kier alpha value is -2.10. The lowest BCUT2D eigenvalue weighted by Crippen LogP contribution is -1.77. The average molecular weight is 183 g/mol. The van der Waals surface area contributed by atoms with Crippen molar-refractivity contribution < 1.29 is 0 Å². The molecule has 14 heavy (non-hydrogen) atoms. The largest absolute Gasteiger partial charge is 0.272 e. The van der Waals surface area contributed by atoms with Gasteiger partial charge in [0.25, 0.3) is 5.78 Å². The molecular weight excluding hydrogens is 176 g/mol. The molecule has 1 radical (unpaired) electrons. The molecule has 0 aliphatic carbocycles. The van der Waals surface area contributed by atoms with Gasteiger partial charge >= 0.3 is 0 Å². The van der Waals surface area contributed by atoms with Crippen LogP contribution in [0, 0.1) is 6.33 Å². The van der Waals surface area contributed by atoms with Crippen LogP contribution in [0.3, 0.4) is 0 Å². The van der Waals surface area contributed by atoms with E-state index >= 15 is 0 Å². The number of nitrogens with one attached hydrogen (secondary N) is 1. The van der Waals surface area contributed by atoms with Gasteiger partial charge < -0.3 is 0 Å². The molecule has 1 aromatic carbocycles. The van der Waals surface area contributed by atoms with Gasteiger partial charge in [-0.3, -0.25) is 5.10 Å². The summed E-state index contributed by atoms with van der Waals surface area (Å²) in [5, 5.41) is 2.83. The van der Waals surface area contributed by atoms with Crippen LogP contribution >= 0.6 is 0 Å². The van der Waals surface area contributed by atoms with Crippen molar-refractivity contribution in [3.8, 4) is 11.3 Å². The van der Waals surface area contributed by atoms with E-state index in [2.05, 4.69) is 21.4 Å². The topological polar surface area (TPSA) is 46.0 Å². The van der Waals surface area contributed by atoms with Gasteiger partial charge in [-0.25, -0.2) is 9.50 Å². The number of benzene rings is 1. The summed E-state index contributed by atoms with van der Waals surface area (Å²) in [6.45, 7) is 0. The van der Waals surface area contributed by atoms with Gasteiger partial charge in [0.15, 0.2) is 6.33 Å². The molecule has 0 fully saturated rings. The average Bonchev–Trinajstić information content (AvgIpc) is 2.78. The van der Waals surface area contributed by atoms with Gasteiger partial charge in [0, 0.05) is 5.56 Å². The SMILES string of the molecule is [c]1nc2nc(-c3ccccc3)cn2[nH]1. The van der Waals surface area contributed by atoms with Crippen molar-refractivity contribution in [1.29, 1.82) is 0 Å². The molecule has 3 rings (SSSR count). The number of nitrogens with zero attached hydrogens (tertiary/aromatic N) is 3. The summed E-state index contributed by atoms with van der Waals surface area (Å²) in [7, 11) is 0. The molecule has 0 spiro atoms. The van der Waals surface area contributed by atoms with Crippen LogP contribution in [0.4, 0.5) is 0 Å². The number of fused-ring (bicyclic) bond motifs is 1. The predicted octanol–water partition coefficient (Wildman–Crippen LogP) is 1.52. The fraction of sp³-hybridized carbons (Fsp3) is 0. The van der Waals surface area contributed by atoms with Crippen LogP contribution < -0.4 is 0 Å². The molecule has 4 heteroatoms. The molecule has 67 valence electrons. The third-order valence-electron chi connectivity index (χ3n) is 2.08. The lowest BCUT2D eigenvalue weighted by atomic mass is 10.2. The van der Waals surface area contributed by atoms with Gasteiger partial charge in [-0.15, -0.1) is 0 Å². The Bertz CT molecular complexity index is 521. The third-order valence-corrected chi connectivity index (χ3v) is 2.08.